The summed E-state index contributed by atoms with van der Waals surface area (Å²) >= 11 is 0. The Kier molecular flexibility index (Phi) is 36.2. The van der Waals surface area contributed by atoms with Crippen LogP contribution in [0.3, 0.4) is 0 Å². The van der Waals surface area contributed by atoms with E-state index in [1.165, 1.54) is 408 Å². The van der Waals surface area contributed by atoms with Gasteiger partial charge in [-0.15, -0.1) is 0 Å². The molecule has 0 amide bonds. The van der Waals surface area contributed by atoms with Gasteiger partial charge in [0.25, 0.3) is 0 Å². The highest BCUT2D eigenvalue weighted by Crippen LogP contribution is 2.75. The molecule has 8 aromatic carbocycles. The molecule has 0 aromatic heterocycles. The minimum atomic E-state index is -0.162. The molecular formula is C130H184. The molecule has 704 valence electrons. The molecule has 0 heterocycles. The summed E-state index contributed by atoms with van der Waals surface area (Å²) in [5, 5.41) is 0. The predicted octanol–water partition coefficient (Wildman–Crippen LogP) is 41.9. The molecule has 0 bridgehead atoms. The van der Waals surface area contributed by atoms with Crippen LogP contribution in [0, 0.1) is 0 Å². The van der Waals surface area contributed by atoms with Crippen LogP contribution < -0.4 is 0 Å². The van der Waals surface area contributed by atoms with Crippen molar-refractivity contribution in [2.45, 2.75) is 515 Å². The van der Waals surface area contributed by atoms with Crippen molar-refractivity contribution in [3.8, 4) is 66.8 Å². The van der Waals surface area contributed by atoms with Crippen LogP contribution in [0.2, 0.25) is 0 Å². The van der Waals surface area contributed by atoms with Crippen molar-refractivity contribution in [1.82, 2.24) is 0 Å². The van der Waals surface area contributed by atoms with Gasteiger partial charge in [0, 0.05) is 32.5 Å². The number of hydrogen-bond donors (Lipinski definition) is 0. The van der Waals surface area contributed by atoms with Crippen LogP contribution in [0.4, 0.5) is 0 Å². The van der Waals surface area contributed by atoms with Crippen molar-refractivity contribution in [3.63, 3.8) is 0 Å². The molecule has 0 spiro atoms. The minimum Gasteiger partial charge on any atom is -0.0654 e. The lowest BCUT2D eigenvalue weighted by Crippen LogP contribution is -2.31. The van der Waals surface area contributed by atoms with E-state index in [1.807, 2.05) is 22.3 Å². The highest BCUT2D eigenvalue weighted by molar-refractivity contribution is 6.08. The van der Waals surface area contributed by atoms with Gasteiger partial charge < -0.3 is 0 Å². The fourth-order valence-corrected chi connectivity index (χ4v) is 28.6. The quantitative estimate of drug-likeness (QED) is 0.0263. The summed E-state index contributed by atoms with van der Waals surface area (Å²) in [5.41, 5.74) is 46.2. The average molecular weight is 1750 g/mol. The molecule has 0 unspecified atom stereocenters. The van der Waals surface area contributed by atoms with Crippen LogP contribution in [-0.2, 0) is 32.5 Å². The molecule has 6 aliphatic rings. The van der Waals surface area contributed by atoms with Gasteiger partial charge >= 0.3 is 0 Å². The summed E-state index contributed by atoms with van der Waals surface area (Å²) in [5.74, 6) is 0. The van der Waals surface area contributed by atoms with E-state index in [2.05, 4.69) is 230 Å². The highest BCUT2D eigenvalue weighted by Gasteiger charge is 2.61. The third-order valence-corrected chi connectivity index (χ3v) is 35.2. The Morgan fingerprint density at radius 3 is 0.469 bits per heavy atom. The Morgan fingerprint density at radius 2 is 0.308 bits per heavy atom. The molecule has 6 aliphatic carbocycles. The fourth-order valence-electron chi connectivity index (χ4n) is 28.6. The Morgan fingerprint density at radius 1 is 0.162 bits per heavy atom. The smallest absolute Gasteiger partial charge is 0.0221 e. The lowest BCUT2D eigenvalue weighted by molar-refractivity contribution is 0.389. The second kappa shape index (κ2) is 47.3. The summed E-state index contributed by atoms with van der Waals surface area (Å²) in [4.78, 5) is 0. The molecule has 0 heteroatoms. The van der Waals surface area contributed by atoms with Crippen LogP contribution in [0.5, 0.6) is 0 Å². The minimum absolute atomic E-state index is 0.0694. The Labute approximate surface area is 798 Å². The lowest BCUT2D eigenvalue weighted by atomic mass is 9.63. The molecule has 0 saturated carbocycles. The molecule has 0 atom stereocenters. The first-order valence-electron chi connectivity index (χ1n) is 56.8. The van der Waals surface area contributed by atoms with E-state index >= 15 is 0 Å². The maximum atomic E-state index is 2.95. The van der Waals surface area contributed by atoms with Crippen LogP contribution in [0.25, 0.3) is 77.9 Å². The number of unbranched alkanes of at least 4 members (excludes halogenated alkanes) is 36. The highest BCUT2D eigenvalue weighted by atomic mass is 14.6. The normalized spacial score (nSPS) is 15.8. The average Bonchev–Trinajstić information content (AvgIpc) is 1.49. The summed E-state index contributed by atoms with van der Waals surface area (Å²) in [6.45, 7) is 34.6. The van der Waals surface area contributed by atoms with E-state index in [-0.39, 0.29) is 32.5 Å². The van der Waals surface area contributed by atoms with Gasteiger partial charge in [0.1, 0.15) is 0 Å². The SMILES string of the molecule is CCCCCCC1(CCCCCC)c2ccccc2-c2c1c1c(c3c2C(CCCCCC)(CCCCCC)c2cc(/C(C)=C(\C)c4ccc5c(c4)C(CCCCCC)(CCCCCC)c4c6c(c7c(c4-5)C(CCCCCC)(CCCCCC)c4ccccc4-7)C(CCCCCC)(CCCCCC)c4ccccc4-6)ccc2-3)C(CCCCCC)(CCCCCC)c2ccccc2-1. The van der Waals surface area contributed by atoms with Crippen LogP contribution >= 0.6 is 0 Å². The Hall–Kier alpha value is -6.50. The molecule has 130 heavy (non-hydrogen) atoms. The molecule has 14 rings (SSSR count). The summed E-state index contributed by atoms with van der Waals surface area (Å²) < 4.78 is 0. The zero-order valence-electron chi connectivity index (χ0n) is 86.1. The van der Waals surface area contributed by atoms with Crippen molar-refractivity contribution in [2.24, 2.45) is 0 Å². The second-order valence-electron chi connectivity index (χ2n) is 43.7. The van der Waals surface area contributed by atoms with Gasteiger partial charge in [0.15, 0.2) is 0 Å². The summed E-state index contributed by atoms with van der Waals surface area (Å²) in [6.07, 6.45) is 76.8. The van der Waals surface area contributed by atoms with Crippen molar-refractivity contribution in [2.75, 3.05) is 0 Å². The van der Waals surface area contributed by atoms with Gasteiger partial charge in [0.05, 0.1) is 0 Å². The van der Waals surface area contributed by atoms with E-state index in [0.29, 0.717) is 0 Å². The van der Waals surface area contributed by atoms with E-state index in [9.17, 15) is 0 Å². The summed E-state index contributed by atoms with van der Waals surface area (Å²) in [7, 11) is 0. The number of benzene rings is 8. The van der Waals surface area contributed by atoms with Gasteiger partial charge in [-0.2, -0.15) is 0 Å². The standard InChI is InChI=1S/C130H184/c1-15-27-39-59-83-125(84-60-40-28-16-2)109-77-57-53-73-103(109)115-119(125)113-101-71-51-55-75-107(101)127(87-63-43-31-19-5,88-64-44-32-20-6)121(113)117-105-81-79-99(95-111(105)129(123(115)117,91-67-47-35-23-9)92-68-48-36-24-10)97(13)98(14)100-80-82-106-112(96-100)130(93-69-49-37-25-11,94-70-50-38-26-12)124-116-104-74-54-58-78-110(104)126(85-61-41-29-17-3,86-62-42-30-18-4)120(116)114-102-72-52-56-76-108(102)128(122(114)118(106)124,89-65-45-33-21-7)90-66-46-34-22-8/h51-58,71-82,95-96H,15-50,59-70,83-94H2,1-14H3/b98-97+. The van der Waals surface area contributed by atoms with Crippen LogP contribution in [0.1, 0.15) is 560 Å². The first kappa shape index (κ1) is 99.5. The molecule has 0 aliphatic heterocycles. The Bertz CT molecular complexity index is 4590. The van der Waals surface area contributed by atoms with Crippen molar-refractivity contribution in [3.05, 3.63) is 211 Å². The van der Waals surface area contributed by atoms with E-state index in [1.54, 1.807) is 111 Å². The molecular weight excluding hydrogens is 1560 g/mol. The predicted molar refractivity (Wildman–Crippen MR) is 573 cm³/mol. The molecule has 0 nitrogen and oxygen atoms in total. The third-order valence-electron chi connectivity index (χ3n) is 35.2. The van der Waals surface area contributed by atoms with Crippen LogP contribution in [0.15, 0.2) is 133 Å². The largest absolute Gasteiger partial charge is 0.0654 e. The molecule has 8 aromatic rings. The molecule has 0 saturated heterocycles. The van der Waals surface area contributed by atoms with Gasteiger partial charge in [-0.3, -0.25) is 0 Å². The molecule has 0 radical (unpaired) electrons. The maximum Gasteiger partial charge on any atom is 0.0221 e. The zero-order valence-corrected chi connectivity index (χ0v) is 86.1. The second-order valence-corrected chi connectivity index (χ2v) is 43.7. The van der Waals surface area contributed by atoms with Crippen molar-refractivity contribution < 1.29 is 0 Å². The van der Waals surface area contributed by atoms with Gasteiger partial charge in [-0.25, -0.2) is 0 Å². The van der Waals surface area contributed by atoms with Crippen molar-refractivity contribution in [1.29, 1.82) is 0 Å². The Balaban J connectivity index is 1.08. The maximum absolute atomic E-state index is 2.95. The molecule has 0 fully saturated rings. The monoisotopic (exact) mass is 1750 g/mol. The number of rotatable bonds is 62. The molecule has 0 N–H and O–H groups in total. The van der Waals surface area contributed by atoms with E-state index in [4.69, 9.17) is 0 Å². The number of fused-ring (bicyclic) bond motifs is 24. The lowest BCUT2D eigenvalue weighted by Gasteiger charge is -2.40. The van der Waals surface area contributed by atoms with Gasteiger partial charge in [0.2, 0.25) is 0 Å². The third kappa shape index (κ3) is 19.2. The van der Waals surface area contributed by atoms with E-state index < -0.39 is 0 Å². The topological polar surface area (TPSA) is 0 Å². The number of hydrogen-bond acceptors (Lipinski definition) is 0. The van der Waals surface area contributed by atoms with E-state index in [0.717, 1.165) is 0 Å². The first-order chi connectivity index (χ1) is 63.9. The number of allylic oxidation sites excluding steroid dienone is 2. The van der Waals surface area contributed by atoms with Gasteiger partial charge in [-0.1, -0.05) is 513 Å². The van der Waals surface area contributed by atoms with Crippen molar-refractivity contribution >= 4 is 11.1 Å². The van der Waals surface area contributed by atoms with Crippen LogP contribution in [-0.4, -0.2) is 0 Å². The first-order valence-corrected chi connectivity index (χ1v) is 56.8. The summed E-state index contributed by atoms with van der Waals surface area (Å²) in [6, 6.07) is 58.5. The zero-order chi connectivity index (χ0) is 91.1. The van der Waals surface area contributed by atoms with Gasteiger partial charge in [-0.05, 0) is 259 Å². The fraction of sp³-hybridized carbons (Fsp3) is 0.615.